The van der Waals surface area contributed by atoms with E-state index >= 15 is 0 Å². The number of nitro benzene ring substituents is 1. The van der Waals surface area contributed by atoms with Crippen molar-refractivity contribution < 1.29 is 9.66 Å². The lowest BCUT2D eigenvalue weighted by atomic mass is 9.93. The van der Waals surface area contributed by atoms with Crippen LogP contribution in [0.4, 0.5) is 11.4 Å². The number of rotatable bonds is 6. The van der Waals surface area contributed by atoms with Gasteiger partial charge in [0.2, 0.25) is 0 Å². The number of halogens is 1. The van der Waals surface area contributed by atoms with E-state index in [0.717, 1.165) is 25.0 Å². The van der Waals surface area contributed by atoms with Crippen LogP contribution in [0, 0.1) is 10.1 Å². The zero-order chi connectivity index (χ0) is 17.1. The van der Waals surface area contributed by atoms with E-state index in [-0.39, 0.29) is 22.8 Å². The van der Waals surface area contributed by atoms with Gasteiger partial charge in [-0.1, -0.05) is 22.0 Å². The first-order valence-corrected chi connectivity index (χ1v) is 8.66. The Morgan fingerprint density at radius 2 is 2.21 bits per heavy atom. The van der Waals surface area contributed by atoms with E-state index in [9.17, 15) is 10.1 Å². The van der Waals surface area contributed by atoms with Crippen molar-refractivity contribution in [1.82, 2.24) is 4.98 Å². The Balaban J connectivity index is 1.93. The van der Waals surface area contributed by atoms with Gasteiger partial charge in [-0.15, -0.1) is 0 Å². The van der Waals surface area contributed by atoms with Gasteiger partial charge in [-0.2, -0.15) is 0 Å². The third-order valence-electron chi connectivity index (χ3n) is 4.10. The summed E-state index contributed by atoms with van der Waals surface area (Å²) in [5, 5.41) is 14.7. The molecule has 1 N–H and O–H groups in total. The summed E-state index contributed by atoms with van der Waals surface area (Å²) >= 11 is 3.33. The van der Waals surface area contributed by atoms with Crippen LogP contribution in [0.3, 0.4) is 0 Å². The number of anilines is 1. The van der Waals surface area contributed by atoms with Gasteiger partial charge in [-0.25, -0.2) is 0 Å². The minimum Gasteiger partial charge on any atom is -0.482 e. The van der Waals surface area contributed by atoms with Crippen LogP contribution in [-0.4, -0.2) is 15.9 Å². The van der Waals surface area contributed by atoms with Gasteiger partial charge in [0, 0.05) is 22.8 Å². The molecule has 0 radical (unpaired) electrons. The molecule has 1 aliphatic rings. The van der Waals surface area contributed by atoms with Crippen LogP contribution in [0.2, 0.25) is 0 Å². The maximum Gasteiger partial charge on any atom is 0.297 e. The number of pyridine rings is 1. The van der Waals surface area contributed by atoms with E-state index in [2.05, 4.69) is 26.2 Å². The van der Waals surface area contributed by atoms with Gasteiger partial charge < -0.3 is 10.1 Å². The highest BCUT2D eigenvalue weighted by molar-refractivity contribution is 9.10. The number of nitro groups is 1. The molecule has 1 heterocycles. The summed E-state index contributed by atoms with van der Waals surface area (Å²) in [6.45, 7) is 1.88. The molecule has 1 saturated carbocycles. The van der Waals surface area contributed by atoms with Crippen molar-refractivity contribution in [3.8, 4) is 5.75 Å². The first kappa shape index (κ1) is 16.7. The second-order valence-electron chi connectivity index (χ2n) is 5.84. The molecule has 0 aliphatic heterocycles. The second kappa shape index (κ2) is 7.17. The van der Waals surface area contributed by atoms with Crippen LogP contribution in [0.25, 0.3) is 0 Å². The van der Waals surface area contributed by atoms with Crippen LogP contribution < -0.4 is 10.1 Å². The summed E-state index contributed by atoms with van der Waals surface area (Å²) in [4.78, 5) is 15.3. The lowest BCUT2D eigenvalue weighted by Gasteiger charge is -2.28. The third-order valence-corrected chi connectivity index (χ3v) is 4.56. The van der Waals surface area contributed by atoms with Crippen LogP contribution >= 0.6 is 15.9 Å². The molecule has 3 rings (SSSR count). The third kappa shape index (κ3) is 3.67. The molecule has 1 aliphatic carbocycles. The molecule has 1 aromatic carbocycles. The molecule has 0 saturated heterocycles. The Labute approximate surface area is 148 Å². The van der Waals surface area contributed by atoms with Crippen molar-refractivity contribution >= 4 is 27.3 Å². The number of benzene rings is 1. The van der Waals surface area contributed by atoms with E-state index < -0.39 is 0 Å². The summed E-state index contributed by atoms with van der Waals surface area (Å²) in [5.41, 5.74) is 1.23. The SMILES string of the molecule is C[C@@H](Oc1cc(Br)cc([N+](=O)[O-])c1NC1CCC1)c1ccccn1. The fraction of sp³-hybridized carbons (Fsp3) is 0.353. The summed E-state index contributed by atoms with van der Waals surface area (Å²) in [6.07, 6.45) is 4.56. The number of nitrogens with one attached hydrogen (secondary N) is 1. The normalized spacial score (nSPS) is 15.4. The quantitative estimate of drug-likeness (QED) is 0.561. The number of aromatic nitrogens is 1. The Bertz CT molecular complexity index is 735. The zero-order valence-electron chi connectivity index (χ0n) is 13.2. The fourth-order valence-corrected chi connectivity index (χ4v) is 3.00. The van der Waals surface area contributed by atoms with Gasteiger partial charge in [-0.3, -0.25) is 15.1 Å². The van der Waals surface area contributed by atoms with Crippen molar-refractivity contribution in [2.45, 2.75) is 38.3 Å². The smallest absolute Gasteiger partial charge is 0.297 e. The van der Waals surface area contributed by atoms with E-state index in [0.29, 0.717) is 15.9 Å². The Hall–Kier alpha value is -2.15. The molecule has 24 heavy (non-hydrogen) atoms. The average molecular weight is 392 g/mol. The topological polar surface area (TPSA) is 77.3 Å². The van der Waals surface area contributed by atoms with Crippen molar-refractivity contribution in [2.75, 3.05) is 5.32 Å². The number of hydrogen-bond acceptors (Lipinski definition) is 5. The van der Waals surface area contributed by atoms with Crippen LogP contribution in [-0.2, 0) is 0 Å². The van der Waals surface area contributed by atoms with E-state index in [1.54, 1.807) is 12.3 Å². The molecule has 1 atom stereocenters. The van der Waals surface area contributed by atoms with Crippen LogP contribution in [0.15, 0.2) is 41.0 Å². The fourth-order valence-electron chi connectivity index (χ4n) is 2.57. The molecule has 2 aromatic rings. The highest BCUT2D eigenvalue weighted by atomic mass is 79.9. The first-order valence-electron chi connectivity index (χ1n) is 7.86. The van der Waals surface area contributed by atoms with Crippen molar-refractivity contribution in [2.24, 2.45) is 0 Å². The highest BCUT2D eigenvalue weighted by Crippen LogP contribution is 2.41. The van der Waals surface area contributed by atoms with Crippen LogP contribution in [0.5, 0.6) is 5.75 Å². The number of nitrogens with zero attached hydrogens (tertiary/aromatic N) is 2. The largest absolute Gasteiger partial charge is 0.482 e. The van der Waals surface area contributed by atoms with Crippen molar-refractivity contribution in [3.63, 3.8) is 0 Å². The molecule has 0 spiro atoms. The van der Waals surface area contributed by atoms with E-state index in [4.69, 9.17) is 4.74 Å². The maximum atomic E-state index is 11.4. The van der Waals surface area contributed by atoms with Crippen molar-refractivity contribution in [3.05, 3.63) is 56.8 Å². The lowest BCUT2D eigenvalue weighted by Crippen LogP contribution is -2.27. The average Bonchev–Trinajstić information content (AvgIpc) is 2.52. The summed E-state index contributed by atoms with van der Waals surface area (Å²) in [6, 6.07) is 9.11. The molecular formula is C17H18BrN3O3. The molecule has 0 bridgehead atoms. The van der Waals surface area contributed by atoms with E-state index in [1.807, 2.05) is 25.1 Å². The molecule has 1 aromatic heterocycles. The van der Waals surface area contributed by atoms with Gasteiger partial charge in [0.05, 0.1) is 10.6 Å². The van der Waals surface area contributed by atoms with Crippen molar-refractivity contribution in [1.29, 1.82) is 0 Å². The Morgan fingerprint density at radius 3 is 2.79 bits per heavy atom. The molecule has 0 unspecified atom stereocenters. The minimum atomic E-state index is -0.385. The molecular weight excluding hydrogens is 374 g/mol. The molecule has 0 amide bonds. The first-order chi connectivity index (χ1) is 11.5. The number of hydrogen-bond donors (Lipinski definition) is 1. The standard InChI is InChI=1S/C17H18BrN3O3/c1-11(14-7-2-3-8-19-14)24-16-10-12(18)9-15(21(22)23)17(16)20-13-5-4-6-13/h2-3,7-11,13,20H,4-6H2,1H3/t11-/m1/s1. The molecule has 1 fully saturated rings. The molecule has 6 nitrogen and oxygen atoms in total. The summed E-state index contributed by atoms with van der Waals surface area (Å²) < 4.78 is 6.62. The van der Waals surface area contributed by atoms with E-state index in [1.165, 1.54) is 6.07 Å². The number of ether oxygens (including phenoxy) is 1. The molecule has 126 valence electrons. The highest BCUT2D eigenvalue weighted by Gasteiger charge is 2.26. The van der Waals surface area contributed by atoms with Gasteiger partial charge >= 0.3 is 0 Å². The van der Waals surface area contributed by atoms with Gasteiger partial charge in [-0.05, 0) is 44.4 Å². The van der Waals surface area contributed by atoms with Gasteiger partial charge in [0.25, 0.3) is 5.69 Å². The van der Waals surface area contributed by atoms with Crippen LogP contribution in [0.1, 0.15) is 38.0 Å². The van der Waals surface area contributed by atoms with Gasteiger partial charge in [0.1, 0.15) is 6.10 Å². The lowest BCUT2D eigenvalue weighted by molar-refractivity contribution is -0.384. The van der Waals surface area contributed by atoms with Gasteiger partial charge in [0.15, 0.2) is 11.4 Å². The predicted octanol–water partition coefficient (Wildman–Crippen LogP) is 4.86. The molecule has 7 heteroatoms. The minimum absolute atomic E-state index is 0.0134. The summed E-state index contributed by atoms with van der Waals surface area (Å²) in [5.74, 6) is 0.459. The summed E-state index contributed by atoms with van der Waals surface area (Å²) in [7, 11) is 0. The monoisotopic (exact) mass is 391 g/mol. The Kier molecular flexibility index (Phi) is 4.99. The maximum absolute atomic E-state index is 11.4. The zero-order valence-corrected chi connectivity index (χ0v) is 14.8. The second-order valence-corrected chi connectivity index (χ2v) is 6.76. The Morgan fingerprint density at radius 1 is 1.42 bits per heavy atom. The predicted molar refractivity (Wildman–Crippen MR) is 95.3 cm³/mol.